The second-order valence-corrected chi connectivity index (χ2v) is 16.6. The van der Waals surface area contributed by atoms with E-state index < -0.39 is 30.7 Å². The van der Waals surface area contributed by atoms with Gasteiger partial charge < -0.3 is 29.5 Å². The van der Waals surface area contributed by atoms with Crippen molar-refractivity contribution in [1.29, 1.82) is 0 Å². The van der Waals surface area contributed by atoms with Crippen molar-refractivity contribution in [2.24, 2.45) is 46.3 Å². The summed E-state index contributed by atoms with van der Waals surface area (Å²) in [6.07, 6.45) is 14.0. The highest BCUT2D eigenvalue weighted by Crippen LogP contribution is 2.67. The topological polar surface area (TPSA) is 88.4 Å². The van der Waals surface area contributed by atoms with Crippen molar-refractivity contribution in [3.63, 3.8) is 0 Å². The second kappa shape index (κ2) is 14.7. The zero-order chi connectivity index (χ0) is 31.6. The highest BCUT2D eigenvalue weighted by Gasteiger charge is 2.59. The van der Waals surface area contributed by atoms with Crippen LogP contribution < -0.4 is 0 Å². The van der Waals surface area contributed by atoms with Gasteiger partial charge in [-0.25, -0.2) is 0 Å². The van der Waals surface area contributed by atoms with E-state index in [-0.39, 0.29) is 18.1 Å². The van der Waals surface area contributed by atoms with E-state index in [2.05, 4.69) is 47.6 Å². The molecule has 1 saturated heterocycles. The molecule has 254 valence electrons. The molecule has 13 atom stereocenters. The van der Waals surface area contributed by atoms with E-state index in [4.69, 9.17) is 14.2 Å². The molecular weight excluding hydrogens is 552 g/mol. The largest absolute Gasteiger partial charge is 0.387 e. The molecule has 3 saturated carbocycles. The molecule has 3 N–H and O–H groups in total. The summed E-state index contributed by atoms with van der Waals surface area (Å²) in [5.74, 6) is 4.92. The van der Waals surface area contributed by atoms with Crippen LogP contribution in [-0.4, -0.2) is 65.3 Å². The van der Waals surface area contributed by atoms with Crippen LogP contribution in [0.2, 0.25) is 0 Å². The first kappa shape index (κ1) is 34.8. The lowest BCUT2D eigenvalue weighted by molar-refractivity contribution is -0.314. The molecule has 5 rings (SSSR count). The molecule has 1 aliphatic heterocycles. The molecule has 4 unspecified atom stereocenters. The van der Waals surface area contributed by atoms with Gasteiger partial charge in [0.1, 0.15) is 24.4 Å². The van der Waals surface area contributed by atoms with Gasteiger partial charge in [-0.2, -0.15) is 0 Å². The molecule has 0 spiro atoms. The van der Waals surface area contributed by atoms with E-state index >= 15 is 0 Å². The minimum atomic E-state index is -1.31. The van der Waals surface area contributed by atoms with E-state index in [0.717, 1.165) is 74.0 Å². The lowest BCUT2D eigenvalue weighted by Gasteiger charge is -2.58. The molecule has 6 heteroatoms. The van der Waals surface area contributed by atoms with Gasteiger partial charge in [0.25, 0.3) is 0 Å². The Labute approximate surface area is 268 Å². The summed E-state index contributed by atoms with van der Waals surface area (Å²) >= 11 is 0. The summed E-state index contributed by atoms with van der Waals surface area (Å²) < 4.78 is 18.2. The normalized spacial score (nSPS) is 44.5. The summed E-state index contributed by atoms with van der Waals surface area (Å²) in [4.78, 5) is 0. The monoisotopic (exact) mass is 618 g/mol. The fraction of sp³-hybridized carbons (Fsp3) is 0.947. The van der Waals surface area contributed by atoms with Crippen molar-refractivity contribution in [2.45, 2.75) is 168 Å². The van der Waals surface area contributed by atoms with Gasteiger partial charge in [-0.15, -0.1) is 0 Å². The minimum absolute atomic E-state index is 0.0597. The van der Waals surface area contributed by atoms with Gasteiger partial charge in [0.2, 0.25) is 0 Å². The first-order chi connectivity index (χ1) is 21.0. The third-order valence-corrected chi connectivity index (χ3v) is 13.4. The van der Waals surface area contributed by atoms with Gasteiger partial charge in [0.15, 0.2) is 6.29 Å². The molecule has 44 heavy (non-hydrogen) atoms. The van der Waals surface area contributed by atoms with Crippen LogP contribution in [0.4, 0.5) is 0 Å². The maximum Gasteiger partial charge on any atom is 0.186 e. The molecule has 0 radical (unpaired) electrons. The molecule has 0 aromatic carbocycles. The summed E-state index contributed by atoms with van der Waals surface area (Å²) in [5.41, 5.74) is 2.26. The average Bonchev–Trinajstić information content (AvgIpc) is 3.35. The molecule has 1 heterocycles. The minimum Gasteiger partial charge on any atom is -0.387 e. The Morgan fingerprint density at radius 2 is 1.70 bits per heavy atom. The number of rotatable bonds is 13. The number of aliphatic hydroxyl groups is 3. The summed E-state index contributed by atoms with van der Waals surface area (Å²) in [7, 11) is 0. The number of aliphatic hydroxyl groups excluding tert-OH is 3. The van der Waals surface area contributed by atoms with E-state index in [1.54, 1.807) is 0 Å². The predicted octanol–water partition coefficient (Wildman–Crippen LogP) is 7.43. The number of allylic oxidation sites excluding steroid dienone is 1. The zero-order valence-electron chi connectivity index (χ0n) is 28.9. The fourth-order valence-electron chi connectivity index (χ4n) is 10.8. The smallest absolute Gasteiger partial charge is 0.186 e. The number of hydrogen-bond acceptors (Lipinski definition) is 6. The van der Waals surface area contributed by atoms with Crippen molar-refractivity contribution in [3.8, 4) is 0 Å². The van der Waals surface area contributed by atoms with Crippen LogP contribution in [0.25, 0.3) is 0 Å². The Morgan fingerprint density at radius 1 is 0.909 bits per heavy atom. The van der Waals surface area contributed by atoms with Crippen molar-refractivity contribution in [1.82, 2.24) is 0 Å². The molecule has 4 fully saturated rings. The van der Waals surface area contributed by atoms with Crippen LogP contribution in [0.1, 0.15) is 131 Å². The number of unbranched alkanes of at least 4 members (excludes halogenated alkanes) is 2. The fourth-order valence-corrected chi connectivity index (χ4v) is 10.8. The van der Waals surface area contributed by atoms with E-state index in [1.807, 2.05) is 0 Å². The van der Waals surface area contributed by atoms with Crippen molar-refractivity contribution in [3.05, 3.63) is 11.6 Å². The first-order valence-electron chi connectivity index (χ1n) is 18.6. The zero-order valence-corrected chi connectivity index (χ0v) is 28.9. The summed E-state index contributed by atoms with van der Waals surface area (Å²) in [6, 6.07) is 0. The van der Waals surface area contributed by atoms with Crippen molar-refractivity contribution < 1.29 is 29.5 Å². The maximum absolute atomic E-state index is 10.8. The third-order valence-electron chi connectivity index (χ3n) is 13.4. The third kappa shape index (κ3) is 7.02. The van der Waals surface area contributed by atoms with Gasteiger partial charge in [0, 0.05) is 6.61 Å². The van der Waals surface area contributed by atoms with Gasteiger partial charge in [-0.1, -0.05) is 85.3 Å². The van der Waals surface area contributed by atoms with Crippen LogP contribution in [0.3, 0.4) is 0 Å². The van der Waals surface area contributed by atoms with Gasteiger partial charge in [-0.3, -0.25) is 0 Å². The predicted molar refractivity (Wildman–Crippen MR) is 175 cm³/mol. The highest BCUT2D eigenvalue weighted by atomic mass is 16.7. The van der Waals surface area contributed by atoms with Crippen LogP contribution in [0, 0.1) is 46.3 Å². The lowest BCUT2D eigenvalue weighted by atomic mass is 9.47. The Morgan fingerprint density at radius 3 is 2.45 bits per heavy atom. The Kier molecular flexibility index (Phi) is 11.7. The van der Waals surface area contributed by atoms with Crippen LogP contribution >= 0.6 is 0 Å². The second-order valence-electron chi connectivity index (χ2n) is 16.6. The highest BCUT2D eigenvalue weighted by molar-refractivity contribution is 5.25. The average molecular weight is 619 g/mol. The lowest BCUT2D eigenvalue weighted by Crippen LogP contribution is -2.60. The molecule has 0 aromatic heterocycles. The molecule has 6 nitrogen and oxygen atoms in total. The van der Waals surface area contributed by atoms with Crippen molar-refractivity contribution >= 4 is 0 Å². The Balaban J connectivity index is 1.19. The SMILES string of the molecule is CCCCCOC[C@H]1O[C@@H](OC2CC[C@@]3(C)C(=CCC4C3CC[C@@]3(C)C4CC[C@@H]3[C@H](C)CCCC(C)C)C2)[C@H](O)[C@@H](O)[C@H]1O. The molecule has 0 aromatic rings. The van der Waals surface area contributed by atoms with Crippen LogP contribution in [0.5, 0.6) is 0 Å². The molecule has 4 aliphatic carbocycles. The Bertz CT molecular complexity index is 952. The van der Waals surface area contributed by atoms with Crippen LogP contribution in [0.15, 0.2) is 11.6 Å². The quantitative estimate of drug-likeness (QED) is 0.147. The molecular formula is C38H66O6. The van der Waals surface area contributed by atoms with E-state index in [9.17, 15) is 15.3 Å². The summed E-state index contributed by atoms with van der Waals surface area (Å²) in [5, 5.41) is 31.9. The van der Waals surface area contributed by atoms with Gasteiger partial charge in [-0.05, 0) is 104 Å². The first-order valence-corrected chi connectivity index (χ1v) is 18.6. The van der Waals surface area contributed by atoms with Gasteiger partial charge >= 0.3 is 0 Å². The number of hydrogen-bond donors (Lipinski definition) is 3. The molecule has 0 amide bonds. The Hall–Kier alpha value is -0.500. The van der Waals surface area contributed by atoms with E-state index in [1.165, 1.54) is 56.9 Å². The van der Waals surface area contributed by atoms with Crippen LogP contribution in [-0.2, 0) is 14.2 Å². The molecule has 0 bridgehead atoms. The standard InChI is InChI=1S/C38H66O6/c1-7-8-9-21-42-23-32-33(39)34(40)35(41)36(44-32)43-27-17-19-37(5)26(22-27)13-14-28-30-16-15-29(25(4)12-10-11-24(2)3)38(30,6)20-18-31(28)37/h13,24-25,27-36,39-41H,7-12,14-23H2,1-6H3/t25-,27?,28?,29-,30?,31?,32-,33+,34+,35-,36-,37+,38-/m1/s1. The van der Waals surface area contributed by atoms with E-state index in [0.29, 0.717) is 12.0 Å². The summed E-state index contributed by atoms with van der Waals surface area (Å²) in [6.45, 7) is 15.4. The van der Waals surface area contributed by atoms with Crippen molar-refractivity contribution in [2.75, 3.05) is 13.2 Å². The van der Waals surface area contributed by atoms with Gasteiger partial charge in [0.05, 0.1) is 12.7 Å². The number of ether oxygens (including phenoxy) is 3. The number of fused-ring (bicyclic) bond motifs is 5. The maximum atomic E-state index is 10.8. The molecule has 5 aliphatic rings.